The van der Waals surface area contributed by atoms with Crippen molar-refractivity contribution in [1.82, 2.24) is 9.97 Å². The first-order valence-corrected chi connectivity index (χ1v) is 11.7. The lowest BCUT2D eigenvalue weighted by Crippen LogP contribution is -2.32. The highest BCUT2D eigenvalue weighted by Crippen LogP contribution is 2.44. The number of ketones is 1. The number of ether oxygens (including phenoxy) is 1. The van der Waals surface area contributed by atoms with Crippen molar-refractivity contribution >= 4 is 23.4 Å². The summed E-state index contributed by atoms with van der Waals surface area (Å²) in [5.41, 5.74) is 2.87. The van der Waals surface area contributed by atoms with Crippen LogP contribution in [-0.2, 0) is 10.5 Å². The third-order valence-corrected chi connectivity index (χ3v) is 6.91. The maximum Gasteiger partial charge on any atom is 0.257 e. The smallest absolute Gasteiger partial charge is 0.257 e. The Bertz CT molecular complexity index is 1330. The number of hydrogen-bond acceptors (Lipinski definition) is 6. The van der Waals surface area contributed by atoms with Gasteiger partial charge in [-0.15, -0.1) is 0 Å². The molecule has 1 aliphatic carbocycles. The lowest BCUT2D eigenvalue weighted by atomic mass is 9.76. The summed E-state index contributed by atoms with van der Waals surface area (Å²) in [6.45, 7) is 0. The Balaban J connectivity index is 1.57. The van der Waals surface area contributed by atoms with Gasteiger partial charge in [-0.2, -0.15) is 0 Å². The molecule has 2 aromatic carbocycles. The second kappa shape index (κ2) is 8.86. The van der Waals surface area contributed by atoms with Gasteiger partial charge < -0.3 is 15.0 Å². The molecule has 0 amide bonds. The number of rotatable bonds is 5. The summed E-state index contributed by atoms with van der Waals surface area (Å²) in [5.74, 6) is 0.647. The van der Waals surface area contributed by atoms with Crippen LogP contribution in [0.5, 0.6) is 5.75 Å². The van der Waals surface area contributed by atoms with Crippen LogP contribution < -0.4 is 15.6 Å². The molecule has 1 atom stereocenters. The van der Waals surface area contributed by atoms with Crippen molar-refractivity contribution in [3.8, 4) is 5.75 Å². The normalized spacial score (nSPS) is 17.3. The highest BCUT2D eigenvalue weighted by Gasteiger charge is 2.38. The summed E-state index contributed by atoms with van der Waals surface area (Å²) < 4.78 is 19.4. The number of halogens is 1. The molecule has 2 heterocycles. The predicted octanol–water partition coefficient (Wildman–Crippen LogP) is 4.77. The second-order valence-electron chi connectivity index (χ2n) is 8.02. The Labute approximate surface area is 194 Å². The van der Waals surface area contributed by atoms with E-state index in [9.17, 15) is 14.0 Å². The summed E-state index contributed by atoms with van der Waals surface area (Å²) in [7, 11) is 1.58. The van der Waals surface area contributed by atoms with Gasteiger partial charge in [0.1, 0.15) is 17.4 Å². The number of carbonyl (C=O) groups is 1. The van der Waals surface area contributed by atoms with E-state index >= 15 is 0 Å². The van der Waals surface area contributed by atoms with Gasteiger partial charge in [0.25, 0.3) is 5.56 Å². The third-order valence-electron chi connectivity index (χ3n) is 5.99. The molecule has 6 nitrogen and oxygen atoms in total. The number of Topliss-reactive ketones (excluding diaryl/α,β-unsaturated/α-hetero) is 1. The van der Waals surface area contributed by atoms with Crippen molar-refractivity contribution in [1.29, 1.82) is 0 Å². The molecule has 1 aliphatic heterocycles. The van der Waals surface area contributed by atoms with Crippen molar-refractivity contribution < 1.29 is 13.9 Å². The average Bonchev–Trinajstić information content (AvgIpc) is 2.82. The van der Waals surface area contributed by atoms with Crippen LogP contribution >= 0.6 is 11.8 Å². The van der Waals surface area contributed by atoms with Gasteiger partial charge >= 0.3 is 0 Å². The monoisotopic (exact) mass is 463 g/mol. The van der Waals surface area contributed by atoms with Gasteiger partial charge in [0.05, 0.1) is 12.7 Å². The van der Waals surface area contributed by atoms with Crippen molar-refractivity contribution in [3.05, 3.63) is 92.7 Å². The van der Waals surface area contributed by atoms with Crippen LogP contribution in [0.4, 0.5) is 10.2 Å². The summed E-state index contributed by atoms with van der Waals surface area (Å²) in [6, 6.07) is 14.0. The maximum atomic E-state index is 14.0. The van der Waals surface area contributed by atoms with Gasteiger partial charge in [0.15, 0.2) is 10.9 Å². The average molecular weight is 464 g/mol. The van der Waals surface area contributed by atoms with Gasteiger partial charge in [-0.25, -0.2) is 9.37 Å². The standard InChI is InChI=1S/C25H22FN3O3S/c1-32-16-8-4-7-14(12-16)20-21-18(10-5-11-19(21)30)27-23-22(20)24(31)29-25(28-23)33-13-15-6-2-3-9-17(15)26/h2-4,6-9,12,20H,5,10-11,13H2,1H3,(H2,27,28,29,31)/t20-/m1/s1. The first kappa shape index (κ1) is 21.5. The molecule has 0 saturated heterocycles. The molecular formula is C25H22FN3O3S. The van der Waals surface area contributed by atoms with E-state index in [2.05, 4.69) is 15.3 Å². The molecule has 1 aromatic heterocycles. The molecule has 5 rings (SSSR count). The number of nitrogens with zero attached hydrogens (tertiary/aromatic N) is 1. The number of benzene rings is 2. The highest BCUT2D eigenvalue weighted by molar-refractivity contribution is 7.98. The quantitative estimate of drug-likeness (QED) is 0.419. The number of carbonyl (C=O) groups excluding carboxylic acids is 1. The van der Waals surface area contributed by atoms with Crippen molar-refractivity contribution in [2.75, 3.05) is 12.4 Å². The van der Waals surface area contributed by atoms with E-state index in [4.69, 9.17) is 4.74 Å². The van der Waals surface area contributed by atoms with Crippen LogP contribution in [0.1, 0.15) is 41.9 Å². The van der Waals surface area contributed by atoms with Crippen molar-refractivity contribution in [2.24, 2.45) is 0 Å². The summed E-state index contributed by atoms with van der Waals surface area (Å²) in [5, 5.41) is 3.65. The van der Waals surface area contributed by atoms with E-state index in [1.165, 1.54) is 17.8 Å². The first-order chi connectivity index (χ1) is 16.0. The molecule has 3 aromatic rings. The number of allylic oxidation sites excluding steroid dienone is 2. The number of H-pyrrole nitrogens is 1. The number of thioether (sulfide) groups is 1. The van der Waals surface area contributed by atoms with Crippen LogP contribution in [0.2, 0.25) is 0 Å². The van der Waals surface area contributed by atoms with E-state index in [1.54, 1.807) is 25.3 Å². The van der Waals surface area contributed by atoms with Gasteiger partial charge in [0, 0.05) is 29.4 Å². The van der Waals surface area contributed by atoms with Crippen LogP contribution in [0.3, 0.4) is 0 Å². The van der Waals surface area contributed by atoms with E-state index in [0.717, 1.165) is 17.7 Å². The highest BCUT2D eigenvalue weighted by atomic mass is 32.2. The molecule has 0 saturated carbocycles. The van der Waals surface area contributed by atoms with E-state index in [0.29, 0.717) is 52.0 Å². The molecule has 0 bridgehead atoms. The van der Waals surface area contributed by atoms with Crippen molar-refractivity contribution in [2.45, 2.75) is 36.1 Å². The SMILES string of the molecule is COc1cccc([C@@H]2C3=C(CCCC3=O)Nc3nc(SCc4ccccc4F)[nH]c(=O)c32)c1. The van der Waals surface area contributed by atoms with Crippen LogP contribution in [0.15, 0.2) is 69.8 Å². The fourth-order valence-corrected chi connectivity index (χ4v) is 5.27. The number of aromatic amines is 1. The second-order valence-corrected chi connectivity index (χ2v) is 8.98. The van der Waals surface area contributed by atoms with Gasteiger partial charge in [-0.1, -0.05) is 42.1 Å². The Morgan fingerprint density at radius 2 is 2.00 bits per heavy atom. The number of aromatic nitrogens is 2. The summed E-state index contributed by atoms with van der Waals surface area (Å²) in [4.78, 5) is 33.7. The molecule has 168 valence electrons. The minimum Gasteiger partial charge on any atom is -0.497 e. The van der Waals surface area contributed by atoms with E-state index in [1.807, 2.05) is 24.3 Å². The number of hydrogen-bond donors (Lipinski definition) is 2. The Morgan fingerprint density at radius 1 is 1.15 bits per heavy atom. The van der Waals surface area contributed by atoms with Crippen molar-refractivity contribution in [3.63, 3.8) is 0 Å². The maximum absolute atomic E-state index is 14.0. The van der Waals surface area contributed by atoms with Gasteiger partial charge in [-0.05, 0) is 42.2 Å². The number of fused-ring (bicyclic) bond motifs is 1. The molecular weight excluding hydrogens is 441 g/mol. The lowest BCUT2D eigenvalue weighted by Gasteiger charge is -2.32. The largest absolute Gasteiger partial charge is 0.497 e. The van der Waals surface area contributed by atoms with Crippen LogP contribution in [0, 0.1) is 5.82 Å². The number of anilines is 1. The Hall–Kier alpha value is -3.39. The van der Waals surface area contributed by atoms with E-state index < -0.39 is 5.92 Å². The van der Waals surface area contributed by atoms with E-state index in [-0.39, 0.29) is 17.2 Å². The summed E-state index contributed by atoms with van der Waals surface area (Å²) in [6.07, 6.45) is 1.92. The molecule has 0 fully saturated rings. The summed E-state index contributed by atoms with van der Waals surface area (Å²) >= 11 is 1.26. The Kier molecular flexibility index (Phi) is 5.76. The number of methoxy groups -OCH3 is 1. The van der Waals surface area contributed by atoms with Gasteiger partial charge in [-0.3, -0.25) is 9.59 Å². The zero-order chi connectivity index (χ0) is 22.9. The van der Waals surface area contributed by atoms with Gasteiger partial charge in [0.2, 0.25) is 0 Å². The predicted molar refractivity (Wildman–Crippen MR) is 125 cm³/mol. The third kappa shape index (κ3) is 4.06. The number of nitrogens with one attached hydrogen (secondary N) is 2. The molecule has 33 heavy (non-hydrogen) atoms. The zero-order valence-electron chi connectivity index (χ0n) is 18.0. The first-order valence-electron chi connectivity index (χ1n) is 10.7. The molecule has 2 N–H and O–H groups in total. The fourth-order valence-electron chi connectivity index (χ4n) is 4.42. The molecule has 2 aliphatic rings. The minimum absolute atomic E-state index is 0.0413. The van der Waals surface area contributed by atoms with Crippen LogP contribution in [0.25, 0.3) is 0 Å². The minimum atomic E-state index is -0.527. The topological polar surface area (TPSA) is 84.1 Å². The zero-order valence-corrected chi connectivity index (χ0v) is 18.8. The van der Waals surface area contributed by atoms with Crippen LogP contribution in [-0.4, -0.2) is 22.9 Å². The molecule has 0 spiro atoms. The molecule has 0 unspecified atom stereocenters. The molecule has 0 radical (unpaired) electrons. The Morgan fingerprint density at radius 3 is 2.82 bits per heavy atom. The molecule has 8 heteroatoms. The fraction of sp³-hybridized carbons (Fsp3) is 0.240. The lowest BCUT2D eigenvalue weighted by molar-refractivity contribution is -0.116.